The van der Waals surface area contributed by atoms with E-state index >= 15 is 0 Å². The molecule has 2 aromatic rings. The third-order valence-electron chi connectivity index (χ3n) is 5.02. The summed E-state index contributed by atoms with van der Waals surface area (Å²) in [6, 6.07) is 17.8. The van der Waals surface area contributed by atoms with E-state index in [-0.39, 0.29) is 17.8 Å². The van der Waals surface area contributed by atoms with Crippen LogP contribution in [0.15, 0.2) is 54.6 Å². The van der Waals surface area contributed by atoms with Crippen LogP contribution in [0.5, 0.6) is 0 Å². The number of ether oxygens (including phenoxy) is 2. The summed E-state index contributed by atoms with van der Waals surface area (Å²) in [5, 5.41) is 2.96. The molecule has 1 saturated heterocycles. The third-order valence-corrected chi connectivity index (χ3v) is 5.02. The van der Waals surface area contributed by atoms with Crippen molar-refractivity contribution in [2.45, 2.75) is 37.6 Å². The van der Waals surface area contributed by atoms with E-state index in [4.69, 9.17) is 9.47 Å². The van der Waals surface area contributed by atoms with Gasteiger partial charge < -0.3 is 14.8 Å². The zero-order valence-electron chi connectivity index (χ0n) is 14.2. The molecule has 1 aliphatic heterocycles. The fourth-order valence-corrected chi connectivity index (χ4v) is 3.65. The van der Waals surface area contributed by atoms with E-state index in [0.717, 1.165) is 36.8 Å². The maximum atomic E-state index is 12.4. The monoisotopic (exact) mass is 337 g/mol. The van der Waals surface area contributed by atoms with Crippen molar-refractivity contribution in [3.63, 3.8) is 0 Å². The number of nitrogens with one attached hydrogen (secondary N) is 1. The number of amides is 1. The molecule has 1 atom stereocenters. The highest BCUT2D eigenvalue weighted by Gasteiger charge is 2.43. The smallest absolute Gasteiger partial charge is 0.251 e. The second-order valence-electron chi connectivity index (χ2n) is 6.82. The summed E-state index contributed by atoms with van der Waals surface area (Å²) in [6.07, 6.45) is 4.21. The predicted octanol–water partition coefficient (Wildman–Crippen LogP) is 3.77. The van der Waals surface area contributed by atoms with Crippen LogP contribution in [-0.4, -0.2) is 30.9 Å². The van der Waals surface area contributed by atoms with Crippen LogP contribution in [-0.2, 0) is 9.47 Å². The van der Waals surface area contributed by atoms with Crippen molar-refractivity contribution >= 4 is 5.91 Å². The summed E-state index contributed by atoms with van der Waals surface area (Å²) in [5.41, 5.74) is 2.91. The molecule has 2 fully saturated rings. The van der Waals surface area contributed by atoms with Gasteiger partial charge in [0, 0.05) is 24.9 Å². The van der Waals surface area contributed by atoms with Gasteiger partial charge in [-0.2, -0.15) is 0 Å². The zero-order chi connectivity index (χ0) is 17.1. The molecule has 1 heterocycles. The molecule has 1 N–H and O–H groups in total. The van der Waals surface area contributed by atoms with Crippen LogP contribution in [0.3, 0.4) is 0 Å². The molecule has 0 radical (unpaired) electrons. The highest BCUT2D eigenvalue weighted by atomic mass is 16.7. The van der Waals surface area contributed by atoms with E-state index in [0.29, 0.717) is 18.7 Å². The molecule has 4 rings (SSSR count). The molecular weight excluding hydrogens is 314 g/mol. The lowest BCUT2D eigenvalue weighted by atomic mass is 10.0. The van der Waals surface area contributed by atoms with Gasteiger partial charge in [0.05, 0.1) is 6.61 Å². The second-order valence-corrected chi connectivity index (χ2v) is 6.82. The molecule has 2 aromatic carbocycles. The van der Waals surface area contributed by atoms with E-state index in [1.807, 2.05) is 42.5 Å². The normalized spacial score (nSPS) is 21.5. The summed E-state index contributed by atoms with van der Waals surface area (Å²) in [4.78, 5) is 12.4. The van der Waals surface area contributed by atoms with Crippen molar-refractivity contribution < 1.29 is 14.3 Å². The van der Waals surface area contributed by atoms with E-state index in [9.17, 15) is 4.79 Å². The van der Waals surface area contributed by atoms with Crippen molar-refractivity contribution in [2.24, 2.45) is 0 Å². The van der Waals surface area contributed by atoms with Crippen LogP contribution in [0, 0.1) is 0 Å². The first-order valence-corrected chi connectivity index (χ1v) is 9.00. The third kappa shape index (κ3) is 3.60. The quantitative estimate of drug-likeness (QED) is 0.924. The average Bonchev–Trinajstić information content (AvgIpc) is 3.30. The standard InChI is InChI=1S/C21H23NO3/c23-20(22-14-19-15-24-21(25-19)12-4-5-13-21)18-10-8-17(9-11-18)16-6-2-1-3-7-16/h1-3,6-11,19H,4-5,12-15H2,(H,22,23)/t19-/m1/s1. The Hall–Kier alpha value is -2.17. The molecule has 4 heteroatoms. The topological polar surface area (TPSA) is 47.6 Å². The van der Waals surface area contributed by atoms with Gasteiger partial charge in [0.15, 0.2) is 5.79 Å². The Morgan fingerprint density at radius 2 is 1.68 bits per heavy atom. The van der Waals surface area contributed by atoms with Gasteiger partial charge in [0.2, 0.25) is 0 Å². The second kappa shape index (κ2) is 6.98. The Bertz CT molecular complexity index is 721. The van der Waals surface area contributed by atoms with Crippen molar-refractivity contribution in [3.8, 4) is 11.1 Å². The molecule has 1 saturated carbocycles. The largest absolute Gasteiger partial charge is 0.349 e. The van der Waals surface area contributed by atoms with Gasteiger partial charge in [-0.1, -0.05) is 42.5 Å². The molecule has 1 aliphatic carbocycles. The molecule has 1 amide bonds. The number of benzene rings is 2. The summed E-state index contributed by atoms with van der Waals surface area (Å²) in [6.45, 7) is 1.05. The molecule has 130 valence electrons. The minimum atomic E-state index is -0.368. The first-order valence-electron chi connectivity index (χ1n) is 9.00. The van der Waals surface area contributed by atoms with E-state index in [1.54, 1.807) is 0 Å². The molecule has 0 bridgehead atoms. The maximum absolute atomic E-state index is 12.4. The Balaban J connectivity index is 1.32. The summed E-state index contributed by atoms with van der Waals surface area (Å²) >= 11 is 0. The molecule has 1 spiro atoms. The van der Waals surface area contributed by atoms with Gasteiger partial charge in [0.1, 0.15) is 6.10 Å². The number of hydrogen-bond donors (Lipinski definition) is 1. The van der Waals surface area contributed by atoms with E-state index in [2.05, 4.69) is 17.4 Å². The Morgan fingerprint density at radius 1 is 1.00 bits per heavy atom. The molecule has 25 heavy (non-hydrogen) atoms. The number of hydrogen-bond acceptors (Lipinski definition) is 3. The van der Waals surface area contributed by atoms with Crippen molar-refractivity contribution in [1.82, 2.24) is 5.32 Å². The summed E-state index contributed by atoms with van der Waals surface area (Å²) < 4.78 is 11.9. The highest BCUT2D eigenvalue weighted by Crippen LogP contribution is 2.39. The molecule has 0 aromatic heterocycles. The lowest BCUT2D eigenvalue weighted by Crippen LogP contribution is -2.35. The predicted molar refractivity (Wildman–Crippen MR) is 96.2 cm³/mol. The van der Waals surface area contributed by atoms with Gasteiger partial charge in [0.25, 0.3) is 5.91 Å². The van der Waals surface area contributed by atoms with Gasteiger partial charge in [-0.05, 0) is 36.1 Å². The highest BCUT2D eigenvalue weighted by molar-refractivity contribution is 5.94. The molecule has 4 nitrogen and oxygen atoms in total. The lowest BCUT2D eigenvalue weighted by Gasteiger charge is -2.21. The van der Waals surface area contributed by atoms with Crippen LogP contribution in [0.4, 0.5) is 0 Å². The van der Waals surface area contributed by atoms with Gasteiger partial charge >= 0.3 is 0 Å². The summed E-state index contributed by atoms with van der Waals surface area (Å²) in [5.74, 6) is -0.442. The van der Waals surface area contributed by atoms with Crippen molar-refractivity contribution in [1.29, 1.82) is 0 Å². The Morgan fingerprint density at radius 3 is 2.40 bits per heavy atom. The van der Waals surface area contributed by atoms with Crippen molar-refractivity contribution in [3.05, 3.63) is 60.2 Å². The first kappa shape index (κ1) is 16.3. The van der Waals surface area contributed by atoms with Crippen LogP contribution < -0.4 is 5.32 Å². The fourth-order valence-electron chi connectivity index (χ4n) is 3.65. The Labute approximate surface area is 148 Å². The first-order chi connectivity index (χ1) is 12.2. The molecule has 2 aliphatic rings. The van der Waals surface area contributed by atoms with Crippen LogP contribution in [0.1, 0.15) is 36.0 Å². The van der Waals surface area contributed by atoms with Crippen LogP contribution in [0.25, 0.3) is 11.1 Å². The van der Waals surface area contributed by atoms with Crippen molar-refractivity contribution in [2.75, 3.05) is 13.2 Å². The number of carbonyl (C=O) groups is 1. The fraction of sp³-hybridized carbons (Fsp3) is 0.381. The SMILES string of the molecule is O=C(NC[C@@H]1COC2(CCCC2)O1)c1ccc(-c2ccccc2)cc1. The van der Waals surface area contributed by atoms with Crippen LogP contribution in [0.2, 0.25) is 0 Å². The van der Waals surface area contributed by atoms with Gasteiger partial charge in [-0.25, -0.2) is 0 Å². The molecule has 0 unspecified atom stereocenters. The minimum Gasteiger partial charge on any atom is -0.349 e. The van der Waals surface area contributed by atoms with Gasteiger partial charge in [-0.3, -0.25) is 4.79 Å². The zero-order valence-corrected chi connectivity index (χ0v) is 14.2. The van der Waals surface area contributed by atoms with E-state index in [1.165, 1.54) is 0 Å². The van der Waals surface area contributed by atoms with Gasteiger partial charge in [-0.15, -0.1) is 0 Å². The average molecular weight is 337 g/mol. The minimum absolute atomic E-state index is 0.0503. The Kier molecular flexibility index (Phi) is 4.55. The lowest BCUT2D eigenvalue weighted by molar-refractivity contribution is -0.161. The maximum Gasteiger partial charge on any atom is 0.251 e. The molecular formula is C21H23NO3. The number of rotatable bonds is 4. The van der Waals surface area contributed by atoms with E-state index < -0.39 is 0 Å². The van der Waals surface area contributed by atoms with Crippen LogP contribution >= 0.6 is 0 Å². The number of carbonyl (C=O) groups excluding carboxylic acids is 1. The summed E-state index contributed by atoms with van der Waals surface area (Å²) in [7, 11) is 0.